The molecule has 0 radical (unpaired) electrons. The summed E-state index contributed by atoms with van der Waals surface area (Å²) in [6.45, 7) is 2.83. The van der Waals surface area contributed by atoms with Crippen LogP contribution in [0.15, 0.2) is 41.1 Å². The van der Waals surface area contributed by atoms with Crippen molar-refractivity contribution in [2.45, 2.75) is 64.0 Å². The fourth-order valence-electron chi connectivity index (χ4n) is 4.55. The van der Waals surface area contributed by atoms with Crippen molar-refractivity contribution in [3.63, 3.8) is 0 Å². The number of hydrogen-bond donors (Lipinski definition) is 0. The van der Waals surface area contributed by atoms with Crippen LogP contribution in [0.4, 0.5) is 0 Å². The summed E-state index contributed by atoms with van der Waals surface area (Å²) < 4.78 is 11.8. The normalized spacial score (nSPS) is 19.7. The Kier molecular flexibility index (Phi) is 7.82. The fourth-order valence-corrected chi connectivity index (χ4v) is 5.25. The maximum absolute atomic E-state index is 13.3. The van der Waals surface area contributed by atoms with E-state index in [0.717, 1.165) is 50.0 Å². The summed E-state index contributed by atoms with van der Waals surface area (Å²) in [5, 5.41) is 4.27. The minimum atomic E-state index is 0.183. The van der Waals surface area contributed by atoms with Gasteiger partial charge in [-0.1, -0.05) is 31.4 Å². The van der Waals surface area contributed by atoms with Gasteiger partial charge in [0.2, 0.25) is 5.91 Å². The molecule has 4 nitrogen and oxygen atoms in total. The lowest BCUT2D eigenvalue weighted by Gasteiger charge is -2.31. The zero-order chi connectivity index (χ0) is 20.6. The van der Waals surface area contributed by atoms with E-state index in [0.29, 0.717) is 25.6 Å². The highest BCUT2D eigenvalue weighted by Crippen LogP contribution is 2.27. The average molecular weight is 428 g/mol. The first-order chi connectivity index (χ1) is 14.8. The van der Waals surface area contributed by atoms with Gasteiger partial charge in [0, 0.05) is 32.0 Å². The van der Waals surface area contributed by atoms with Gasteiger partial charge in [-0.25, -0.2) is 0 Å². The van der Waals surface area contributed by atoms with Crippen LogP contribution in [0, 0.1) is 5.92 Å². The molecule has 1 aromatic heterocycles. The number of carbonyl (C=O) groups excluding carboxylic acids is 1. The molecule has 2 fully saturated rings. The third-order valence-corrected chi connectivity index (χ3v) is 6.96. The van der Waals surface area contributed by atoms with Crippen molar-refractivity contribution >= 4 is 17.2 Å². The molecule has 162 valence electrons. The van der Waals surface area contributed by atoms with E-state index in [1.165, 1.54) is 24.8 Å². The molecule has 0 spiro atoms. The predicted molar refractivity (Wildman–Crippen MR) is 121 cm³/mol. The summed E-state index contributed by atoms with van der Waals surface area (Å²) in [5.74, 6) is 1.38. The smallest absolute Gasteiger partial charge is 0.226 e. The lowest BCUT2D eigenvalue weighted by Crippen LogP contribution is -2.41. The summed E-state index contributed by atoms with van der Waals surface area (Å²) in [6.07, 6.45) is 8.94. The maximum Gasteiger partial charge on any atom is 0.226 e. The van der Waals surface area contributed by atoms with Crippen molar-refractivity contribution < 1.29 is 14.3 Å². The van der Waals surface area contributed by atoms with Crippen molar-refractivity contribution in [2.75, 3.05) is 19.8 Å². The van der Waals surface area contributed by atoms with Gasteiger partial charge in [-0.15, -0.1) is 0 Å². The van der Waals surface area contributed by atoms with Crippen molar-refractivity contribution in [1.82, 2.24) is 4.90 Å². The summed E-state index contributed by atoms with van der Waals surface area (Å²) in [5.41, 5.74) is 2.45. The molecular formula is C25H33NO3S. The fraction of sp³-hybridized carbons (Fsp3) is 0.560. The van der Waals surface area contributed by atoms with Gasteiger partial charge < -0.3 is 14.4 Å². The van der Waals surface area contributed by atoms with Crippen LogP contribution in [0.1, 0.15) is 56.1 Å². The first-order valence-electron chi connectivity index (χ1n) is 11.4. The maximum atomic E-state index is 13.3. The summed E-state index contributed by atoms with van der Waals surface area (Å²) in [6, 6.07) is 10.4. The molecule has 4 rings (SSSR count). The van der Waals surface area contributed by atoms with Gasteiger partial charge in [-0.05, 0) is 65.8 Å². The van der Waals surface area contributed by atoms with Gasteiger partial charge in [0.25, 0.3) is 0 Å². The first kappa shape index (κ1) is 21.4. The monoisotopic (exact) mass is 427 g/mol. The summed E-state index contributed by atoms with van der Waals surface area (Å²) >= 11 is 1.72. The van der Waals surface area contributed by atoms with Crippen molar-refractivity contribution in [1.29, 1.82) is 0 Å². The molecule has 1 amide bonds. The third kappa shape index (κ3) is 6.08. The number of thiophene rings is 1. The quantitative estimate of drug-likeness (QED) is 0.534. The molecule has 1 unspecified atom stereocenters. The third-order valence-electron chi connectivity index (χ3n) is 6.23. The Bertz CT molecular complexity index is 779. The number of nitrogens with zero attached hydrogens (tertiary/aromatic N) is 1. The van der Waals surface area contributed by atoms with Crippen molar-refractivity contribution in [3.05, 3.63) is 52.2 Å². The lowest BCUT2D eigenvalue weighted by molar-refractivity contribution is -0.138. The summed E-state index contributed by atoms with van der Waals surface area (Å²) in [7, 11) is 0. The number of hydrogen-bond acceptors (Lipinski definition) is 4. The van der Waals surface area contributed by atoms with Crippen LogP contribution < -0.4 is 4.74 Å². The summed E-state index contributed by atoms with van der Waals surface area (Å²) in [4.78, 5) is 15.4. The number of amides is 1. The minimum absolute atomic E-state index is 0.183. The topological polar surface area (TPSA) is 38.8 Å². The Morgan fingerprint density at radius 3 is 2.77 bits per heavy atom. The number of benzene rings is 1. The highest BCUT2D eigenvalue weighted by Gasteiger charge is 2.29. The van der Waals surface area contributed by atoms with E-state index in [4.69, 9.17) is 9.47 Å². The van der Waals surface area contributed by atoms with Crippen LogP contribution >= 0.6 is 11.3 Å². The van der Waals surface area contributed by atoms with Crippen LogP contribution in [0.5, 0.6) is 5.75 Å². The SMILES string of the molecule is O=C(C1CCCCC1)N(Cc1cccc(OCCc2ccsc2)c1)CC1CCCO1. The molecule has 1 aliphatic carbocycles. The highest BCUT2D eigenvalue weighted by atomic mass is 32.1. The van der Waals surface area contributed by atoms with E-state index in [9.17, 15) is 4.79 Å². The molecule has 0 bridgehead atoms. The van der Waals surface area contributed by atoms with Gasteiger partial charge in [0.05, 0.1) is 12.7 Å². The Morgan fingerprint density at radius 1 is 1.10 bits per heavy atom. The standard InChI is InChI=1S/C25H33NO3S/c27-25(22-7-2-1-3-8-22)26(18-24-10-5-13-28-24)17-21-6-4-9-23(16-21)29-14-11-20-12-15-30-19-20/h4,6,9,12,15-16,19,22,24H,1-3,5,7-8,10-11,13-14,17-18H2. The molecule has 0 N–H and O–H groups in total. The largest absolute Gasteiger partial charge is 0.493 e. The molecule has 1 saturated heterocycles. The van der Waals surface area contributed by atoms with Crippen LogP contribution in [0.2, 0.25) is 0 Å². The van der Waals surface area contributed by atoms with Crippen LogP contribution in [-0.4, -0.2) is 36.7 Å². The van der Waals surface area contributed by atoms with E-state index in [1.54, 1.807) is 11.3 Å². The van der Waals surface area contributed by atoms with Crippen LogP contribution in [-0.2, 0) is 22.5 Å². The van der Waals surface area contributed by atoms with E-state index in [1.807, 2.05) is 12.1 Å². The number of ether oxygens (including phenoxy) is 2. The lowest BCUT2D eigenvalue weighted by atomic mass is 9.88. The Hall–Kier alpha value is -1.85. The van der Waals surface area contributed by atoms with E-state index in [-0.39, 0.29) is 12.0 Å². The first-order valence-corrected chi connectivity index (χ1v) is 12.4. The zero-order valence-corrected chi connectivity index (χ0v) is 18.6. The van der Waals surface area contributed by atoms with Gasteiger partial charge in [-0.3, -0.25) is 4.79 Å². The average Bonchev–Trinajstić information content (AvgIpc) is 3.48. The molecule has 1 saturated carbocycles. The number of carbonyl (C=O) groups is 1. The minimum Gasteiger partial charge on any atom is -0.493 e. The molecule has 1 atom stereocenters. The molecular weight excluding hydrogens is 394 g/mol. The Morgan fingerprint density at radius 2 is 2.00 bits per heavy atom. The van der Waals surface area contributed by atoms with Crippen LogP contribution in [0.25, 0.3) is 0 Å². The Balaban J connectivity index is 1.38. The van der Waals surface area contributed by atoms with Gasteiger partial charge in [0.15, 0.2) is 0 Å². The molecule has 2 aromatic rings. The second-order valence-electron chi connectivity index (χ2n) is 8.57. The van der Waals surface area contributed by atoms with E-state index < -0.39 is 0 Å². The second-order valence-corrected chi connectivity index (χ2v) is 9.35. The predicted octanol–water partition coefficient (Wildman–Crippen LogP) is 5.46. The van der Waals surface area contributed by atoms with Gasteiger partial charge in [-0.2, -0.15) is 11.3 Å². The van der Waals surface area contributed by atoms with Crippen molar-refractivity contribution in [3.8, 4) is 5.75 Å². The number of rotatable bonds is 9. The molecule has 2 aliphatic rings. The molecule has 1 aliphatic heterocycles. The van der Waals surface area contributed by atoms with Crippen LogP contribution in [0.3, 0.4) is 0 Å². The highest BCUT2D eigenvalue weighted by molar-refractivity contribution is 7.07. The molecule has 30 heavy (non-hydrogen) atoms. The van der Waals surface area contributed by atoms with Gasteiger partial charge in [0.1, 0.15) is 5.75 Å². The Labute approximate surface area is 184 Å². The van der Waals surface area contributed by atoms with Crippen molar-refractivity contribution in [2.24, 2.45) is 5.92 Å². The molecule has 2 heterocycles. The second kappa shape index (κ2) is 11.0. The molecule has 5 heteroatoms. The van der Waals surface area contributed by atoms with Gasteiger partial charge >= 0.3 is 0 Å². The van der Waals surface area contributed by atoms with E-state index >= 15 is 0 Å². The molecule has 1 aromatic carbocycles. The van der Waals surface area contributed by atoms with E-state index in [2.05, 4.69) is 33.9 Å². The zero-order valence-electron chi connectivity index (χ0n) is 17.8.